The summed E-state index contributed by atoms with van der Waals surface area (Å²) < 4.78 is 38.3. The standard InChI is InChI=1S/C38H47F2N9O3/c1-4-29-31(40)8-7-24-15-28(50)17-33(34(24)29)46-14-9-30-32(22-46)42-36(52-23-38-10-5-12-48(38)19-25(39)18-38)43-35(30)47-11-6-13-49-27(21-47)16-26(44-49)20-45(3)37(51)41-2/h7-8,15-17,25,50H,4-6,9-14,18-23H2,1-3H3,(H,41,51)/t25-,38+/m1/s1. The zero-order valence-electron chi connectivity index (χ0n) is 30.2. The highest BCUT2D eigenvalue weighted by molar-refractivity contribution is 5.98. The van der Waals surface area contributed by atoms with Gasteiger partial charge in [-0.15, -0.1) is 0 Å². The third-order valence-electron chi connectivity index (χ3n) is 11.4. The first-order chi connectivity index (χ1) is 25.1. The highest BCUT2D eigenvalue weighted by atomic mass is 19.1. The third-order valence-corrected chi connectivity index (χ3v) is 11.4. The fourth-order valence-electron chi connectivity index (χ4n) is 8.92. The van der Waals surface area contributed by atoms with E-state index < -0.39 is 6.17 Å². The van der Waals surface area contributed by atoms with Gasteiger partial charge in [0, 0.05) is 69.4 Å². The van der Waals surface area contributed by atoms with Crippen LogP contribution in [-0.4, -0.2) is 99.3 Å². The Labute approximate surface area is 302 Å². The van der Waals surface area contributed by atoms with Crippen molar-refractivity contribution in [2.24, 2.45) is 0 Å². The lowest BCUT2D eigenvalue weighted by Gasteiger charge is -2.35. The number of fused-ring (bicyclic) bond motifs is 4. The molecule has 4 aromatic rings. The van der Waals surface area contributed by atoms with Crippen molar-refractivity contribution in [3.8, 4) is 11.8 Å². The number of phenolic OH excluding ortho intramolecular Hbond substituents is 1. The van der Waals surface area contributed by atoms with Gasteiger partial charge in [0.15, 0.2) is 0 Å². The number of nitrogens with zero attached hydrogens (tertiary/aromatic N) is 8. The quantitative estimate of drug-likeness (QED) is 0.262. The summed E-state index contributed by atoms with van der Waals surface area (Å²) in [6.07, 6.45) is 3.48. The number of aryl methyl sites for hydroxylation is 2. The lowest BCUT2D eigenvalue weighted by Crippen LogP contribution is -2.43. The van der Waals surface area contributed by atoms with Crippen LogP contribution in [0.1, 0.15) is 60.8 Å². The maximum Gasteiger partial charge on any atom is 0.318 e. The Hall–Kier alpha value is -4.72. The number of hydrogen-bond acceptors (Lipinski definition) is 9. The zero-order chi connectivity index (χ0) is 36.1. The Balaban J connectivity index is 1.15. The number of carbonyl (C=O) groups excluding carboxylic acids is 1. The Morgan fingerprint density at radius 3 is 2.81 bits per heavy atom. The van der Waals surface area contributed by atoms with E-state index in [-0.39, 0.29) is 29.1 Å². The van der Waals surface area contributed by atoms with Crippen LogP contribution in [0.5, 0.6) is 11.8 Å². The van der Waals surface area contributed by atoms with E-state index in [0.29, 0.717) is 64.2 Å². The molecule has 0 bridgehead atoms. The molecule has 12 nitrogen and oxygen atoms in total. The van der Waals surface area contributed by atoms with Gasteiger partial charge in [0.2, 0.25) is 0 Å². The van der Waals surface area contributed by atoms with Crippen molar-refractivity contribution in [3.63, 3.8) is 0 Å². The van der Waals surface area contributed by atoms with Gasteiger partial charge in [-0.3, -0.25) is 9.58 Å². The average molecular weight is 716 g/mol. The first-order valence-electron chi connectivity index (χ1n) is 18.5. The summed E-state index contributed by atoms with van der Waals surface area (Å²) in [5, 5.41) is 19.8. The minimum absolute atomic E-state index is 0.125. The number of rotatable bonds is 8. The number of alkyl halides is 1. The van der Waals surface area contributed by atoms with E-state index >= 15 is 4.39 Å². The molecule has 6 heterocycles. The molecule has 2 atom stereocenters. The molecule has 2 fully saturated rings. The number of nitrogens with one attached hydrogen (secondary N) is 1. The Morgan fingerprint density at radius 1 is 1.12 bits per heavy atom. The highest BCUT2D eigenvalue weighted by Gasteiger charge is 2.49. The van der Waals surface area contributed by atoms with Crippen LogP contribution in [0.15, 0.2) is 30.3 Å². The first-order valence-corrected chi connectivity index (χ1v) is 18.5. The van der Waals surface area contributed by atoms with Crippen LogP contribution in [0.2, 0.25) is 0 Å². The lowest BCUT2D eigenvalue weighted by atomic mass is 9.95. The minimum atomic E-state index is -0.865. The monoisotopic (exact) mass is 715 g/mol. The number of aromatic hydroxyl groups is 1. The number of phenols is 1. The van der Waals surface area contributed by atoms with Crippen LogP contribution >= 0.6 is 0 Å². The van der Waals surface area contributed by atoms with Gasteiger partial charge >= 0.3 is 12.0 Å². The van der Waals surface area contributed by atoms with Crippen LogP contribution < -0.4 is 19.9 Å². The summed E-state index contributed by atoms with van der Waals surface area (Å²) in [6, 6.07) is 8.75. The predicted molar refractivity (Wildman–Crippen MR) is 194 cm³/mol. The molecule has 0 unspecified atom stereocenters. The van der Waals surface area contributed by atoms with Crippen molar-refractivity contribution in [3.05, 3.63) is 64.4 Å². The number of amides is 2. The van der Waals surface area contributed by atoms with Crippen molar-refractivity contribution < 1.29 is 23.4 Å². The second-order valence-electron chi connectivity index (χ2n) is 14.8. The van der Waals surface area contributed by atoms with E-state index in [2.05, 4.69) is 26.1 Å². The summed E-state index contributed by atoms with van der Waals surface area (Å²) in [4.78, 5) is 30.5. The van der Waals surface area contributed by atoms with Gasteiger partial charge in [-0.1, -0.05) is 13.0 Å². The minimum Gasteiger partial charge on any atom is -0.508 e. The Morgan fingerprint density at radius 2 is 1.98 bits per heavy atom. The maximum atomic E-state index is 15.1. The molecule has 4 aliphatic rings. The molecule has 14 heteroatoms. The van der Waals surface area contributed by atoms with Gasteiger partial charge in [0.25, 0.3) is 0 Å². The molecule has 276 valence electrons. The summed E-state index contributed by atoms with van der Waals surface area (Å²) in [6.45, 7) is 7.07. The summed E-state index contributed by atoms with van der Waals surface area (Å²) in [7, 11) is 3.36. The van der Waals surface area contributed by atoms with Crippen molar-refractivity contribution in [1.29, 1.82) is 0 Å². The van der Waals surface area contributed by atoms with Gasteiger partial charge < -0.3 is 29.9 Å². The van der Waals surface area contributed by atoms with E-state index in [1.807, 2.05) is 11.6 Å². The number of aromatic nitrogens is 4. The summed E-state index contributed by atoms with van der Waals surface area (Å²) >= 11 is 0. The first kappa shape index (κ1) is 34.4. The Bertz CT molecular complexity index is 2010. The highest BCUT2D eigenvalue weighted by Crippen LogP contribution is 2.42. The molecule has 0 saturated carbocycles. The molecule has 2 saturated heterocycles. The number of benzene rings is 2. The topological polar surface area (TPSA) is 115 Å². The lowest BCUT2D eigenvalue weighted by molar-refractivity contribution is 0.107. The molecule has 8 rings (SSSR count). The van der Waals surface area contributed by atoms with Crippen LogP contribution in [0.25, 0.3) is 10.8 Å². The third kappa shape index (κ3) is 6.24. The largest absolute Gasteiger partial charge is 0.508 e. The van der Waals surface area contributed by atoms with E-state index in [1.165, 1.54) is 6.07 Å². The SMILES string of the molecule is CCc1c(F)ccc2cc(O)cc(N3CCc4c(nc(OC[C@@]56CCCN5C[C@H](F)C6)nc4N4CCCn5nc(CN(C)C(=O)NC)cc5C4)C3)c12. The molecule has 0 spiro atoms. The molecule has 0 aliphatic carbocycles. The van der Waals surface area contributed by atoms with Crippen molar-refractivity contribution >= 4 is 28.3 Å². The fourth-order valence-corrected chi connectivity index (χ4v) is 8.92. The van der Waals surface area contributed by atoms with Gasteiger partial charge in [0.05, 0.1) is 42.3 Å². The zero-order valence-corrected chi connectivity index (χ0v) is 30.2. The Kier molecular flexibility index (Phi) is 9.04. The molecule has 2 aromatic carbocycles. The summed E-state index contributed by atoms with van der Waals surface area (Å²) in [5.74, 6) is 0.681. The fraction of sp³-hybridized carbons (Fsp3) is 0.526. The van der Waals surface area contributed by atoms with Gasteiger partial charge in [-0.25, -0.2) is 13.6 Å². The maximum absolute atomic E-state index is 15.1. The van der Waals surface area contributed by atoms with Crippen LogP contribution in [0, 0.1) is 5.82 Å². The molecule has 0 radical (unpaired) electrons. The predicted octanol–water partition coefficient (Wildman–Crippen LogP) is 4.93. The van der Waals surface area contributed by atoms with E-state index in [4.69, 9.17) is 19.8 Å². The number of carbonyl (C=O) groups is 1. The summed E-state index contributed by atoms with van der Waals surface area (Å²) in [5.41, 5.74) is 4.75. The molecule has 2 amide bonds. The van der Waals surface area contributed by atoms with Gasteiger partial charge in [-0.2, -0.15) is 15.1 Å². The number of hydrogen-bond donors (Lipinski definition) is 2. The van der Waals surface area contributed by atoms with Crippen molar-refractivity contribution in [2.45, 2.75) is 83.3 Å². The molecule has 2 N–H and O–H groups in total. The van der Waals surface area contributed by atoms with E-state index in [1.54, 1.807) is 37.2 Å². The smallest absolute Gasteiger partial charge is 0.318 e. The van der Waals surface area contributed by atoms with E-state index in [9.17, 15) is 14.3 Å². The average Bonchev–Trinajstić information content (AvgIpc) is 3.75. The molecule has 2 aromatic heterocycles. The molecule has 52 heavy (non-hydrogen) atoms. The molecule has 4 aliphatic heterocycles. The number of ether oxygens (including phenoxy) is 1. The van der Waals surface area contributed by atoms with Gasteiger partial charge in [-0.05, 0) is 67.8 Å². The normalized spacial score (nSPS) is 21.5. The number of halogens is 2. The van der Waals surface area contributed by atoms with Crippen LogP contribution in [-0.2, 0) is 39.0 Å². The number of anilines is 2. The second kappa shape index (κ2) is 13.7. The second-order valence-corrected chi connectivity index (χ2v) is 14.8. The van der Waals surface area contributed by atoms with Crippen molar-refractivity contribution in [2.75, 3.05) is 56.7 Å². The van der Waals surface area contributed by atoms with E-state index in [0.717, 1.165) is 83.8 Å². The van der Waals surface area contributed by atoms with Crippen LogP contribution in [0.3, 0.4) is 0 Å². The van der Waals surface area contributed by atoms with Crippen LogP contribution in [0.4, 0.5) is 25.1 Å². The van der Waals surface area contributed by atoms with Crippen molar-refractivity contribution in [1.82, 2.24) is 34.9 Å². The number of urea groups is 1. The molecular formula is C38H47F2N9O3. The van der Waals surface area contributed by atoms with Gasteiger partial charge in [0.1, 0.15) is 30.2 Å². The molecular weight excluding hydrogens is 668 g/mol.